The SMILES string of the molecule is Cc1cc(Cl)ccc1S(=O)(=O)NCCC(C)O. The summed E-state index contributed by atoms with van der Waals surface area (Å²) < 4.78 is 26.3. The predicted molar refractivity (Wildman–Crippen MR) is 67.7 cm³/mol. The second-order valence-corrected chi connectivity index (χ2v) is 6.12. The van der Waals surface area contributed by atoms with Crippen LogP contribution in [-0.2, 0) is 10.0 Å². The van der Waals surface area contributed by atoms with Crippen LogP contribution < -0.4 is 4.72 Å². The van der Waals surface area contributed by atoms with E-state index in [1.807, 2.05) is 0 Å². The molecule has 2 N–H and O–H groups in total. The Bertz CT molecular complexity index is 485. The van der Waals surface area contributed by atoms with Gasteiger partial charge in [-0.2, -0.15) is 0 Å². The van der Waals surface area contributed by atoms with Gasteiger partial charge in [0.05, 0.1) is 11.0 Å². The zero-order chi connectivity index (χ0) is 13.1. The number of halogens is 1. The van der Waals surface area contributed by atoms with E-state index in [1.54, 1.807) is 19.9 Å². The molecular weight excluding hydrogens is 262 g/mol. The number of nitrogens with one attached hydrogen (secondary N) is 1. The molecule has 1 unspecified atom stereocenters. The van der Waals surface area contributed by atoms with Gasteiger partial charge >= 0.3 is 0 Å². The highest BCUT2D eigenvalue weighted by molar-refractivity contribution is 7.89. The van der Waals surface area contributed by atoms with Crippen molar-refractivity contribution in [3.8, 4) is 0 Å². The van der Waals surface area contributed by atoms with Crippen LogP contribution in [0.2, 0.25) is 5.02 Å². The smallest absolute Gasteiger partial charge is 0.240 e. The second kappa shape index (κ2) is 5.82. The van der Waals surface area contributed by atoms with Crippen LogP contribution >= 0.6 is 11.6 Å². The Labute approximate surface area is 107 Å². The molecule has 0 radical (unpaired) electrons. The van der Waals surface area contributed by atoms with Gasteiger partial charge in [0.25, 0.3) is 0 Å². The summed E-state index contributed by atoms with van der Waals surface area (Å²) in [5.41, 5.74) is 0.599. The van der Waals surface area contributed by atoms with Crippen molar-refractivity contribution in [3.05, 3.63) is 28.8 Å². The highest BCUT2D eigenvalue weighted by Gasteiger charge is 2.16. The fraction of sp³-hybridized carbons (Fsp3) is 0.455. The molecule has 6 heteroatoms. The largest absolute Gasteiger partial charge is 0.393 e. The summed E-state index contributed by atoms with van der Waals surface area (Å²) in [4.78, 5) is 0.215. The number of sulfonamides is 1. The molecule has 0 aliphatic carbocycles. The van der Waals surface area contributed by atoms with E-state index in [0.717, 1.165) is 0 Å². The van der Waals surface area contributed by atoms with E-state index in [4.69, 9.17) is 16.7 Å². The first-order valence-corrected chi connectivity index (χ1v) is 7.13. The molecule has 0 bridgehead atoms. The molecule has 1 aromatic carbocycles. The Balaban J connectivity index is 2.83. The Morgan fingerprint density at radius 2 is 2.12 bits per heavy atom. The maximum absolute atomic E-state index is 11.9. The number of benzene rings is 1. The van der Waals surface area contributed by atoms with Gasteiger partial charge in [-0.25, -0.2) is 13.1 Å². The van der Waals surface area contributed by atoms with E-state index in [0.29, 0.717) is 17.0 Å². The van der Waals surface area contributed by atoms with Crippen LogP contribution in [-0.4, -0.2) is 26.2 Å². The highest BCUT2D eigenvalue weighted by atomic mass is 35.5. The number of hydrogen-bond acceptors (Lipinski definition) is 3. The van der Waals surface area contributed by atoms with Crippen molar-refractivity contribution in [1.82, 2.24) is 4.72 Å². The van der Waals surface area contributed by atoms with Crippen LogP contribution in [0.4, 0.5) is 0 Å². The predicted octanol–water partition coefficient (Wildman–Crippen LogP) is 1.70. The van der Waals surface area contributed by atoms with E-state index in [-0.39, 0.29) is 11.4 Å². The number of aryl methyl sites for hydroxylation is 1. The first-order chi connectivity index (χ1) is 7.83. The maximum Gasteiger partial charge on any atom is 0.240 e. The van der Waals surface area contributed by atoms with Gasteiger partial charge in [-0.3, -0.25) is 0 Å². The van der Waals surface area contributed by atoms with Gasteiger partial charge in [0.2, 0.25) is 10.0 Å². The van der Waals surface area contributed by atoms with Crippen molar-refractivity contribution >= 4 is 21.6 Å². The molecule has 0 spiro atoms. The Hall–Kier alpha value is -0.620. The molecule has 0 aliphatic rings. The van der Waals surface area contributed by atoms with E-state index in [1.165, 1.54) is 12.1 Å². The molecule has 0 amide bonds. The Morgan fingerprint density at radius 3 is 2.65 bits per heavy atom. The van der Waals surface area contributed by atoms with Crippen molar-refractivity contribution in [3.63, 3.8) is 0 Å². The third-order valence-electron chi connectivity index (χ3n) is 2.28. The number of aliphatic hydroxyl groups is 1. The average Bonchev–Trinajstić information content (AvgIpc) is 2.15. The van der Waals surface area contributed by atoms with Crippen molar-refractivity contribution in [2.75, 3.05) is 6.54 Å². The van der Waals surface area contributed by atoms with Crippen LogP contribution in [0.25, 0.3) is 0 Å². The summed E-state index contributed by atoms with van der Waals surface area (Å²) in [6.45, 7) is 3.51. The van der Waals surface area contributed by atoms with Gasteiger partial charge in [-0.1, -0.05) is 11.6 Å². The normalized spacial score (nSPS) is 13.6. The second-order valence-electron chi connectivity index (χ2n) is 3.95. The Kier molecular flexibility index (Phi) is 4.94. The van der Waals surface area contributed by atoms with Crippen LogP contribution in [0, 0.1) is 6.92 Å². The highest BCUT2D eigenvalue weighted by Crippen LogP contribution is 2.19. The standard InChI is InChI=1S/C11H16ClNO3S/c1-8-7-10(12)3-4-11(8)17(15,16)13-6-5-9(2)14/h3-4,7,9,13-14H,5-6H2,1-2H3. The maximum atomic E-state index is 11.9. The number of rotatable bonds is 5. The van der Waals surface area contributed by atoms with E-state index in [2.05, 4.69) is 4.72 Å². The van der Waals surface area contributed by atoms with Crippen molar-refractivity contribution in [1.29, 1.82) is 0 Å². The van der Waals surface area contributed by atoms with Crippen molar-refractivity contribution in [2.45, 2.75) is 31.3 Å². The van der Waals surface area contributed by atoms with E-state index >= 15 is 0 Å². The molecule has 0 saturated carbocycles. The lowest BCUT2D eigenvalue weighted by Crippen LogP contribution is -2.27. The Morgan fingerprint density at radius 1 is 1.47 bits per heavy atom. The van der Waals surface area contributed by atoms with Crippen molar-refractivity contribution in [2.24, 2.45) is 0 Å². The average molecular weight is 278 g/mol. The summed E-state index contributed by atoms with van der Waals surface area (Å²) in [6.07, 6.45) is -0.143. The lowest BCUT2D eigenvalue weighted by atomic mass is 10.2. The van der Waals surface area contributed by atoms with Gasteiger partial charge in [-0.15, -0.1) is 0 Å². The minimum absolute atomic E-state index is 0.210. The fourth-order valence-corrected chi connectivity index (χ4v) is 2.89. The minimum atomic E-state index is -3.52. The summed E-state index contributed by atoms with van der Waals surface area (Å²) in [6, 6.07) is 4.62. The molecule has 1 rings (SSSR count). The lowest BCUT2D eigenvalue weighted by molar-refractivity contribution is 0.186. The molecule has 4 nitrogen and oxygen atoms in total. The minimum Gasteiger partial charge on any atom is -0.393 e. The van der Waals surface area contributed by atoms with Crippen LogP contribution in [0.1, 0.15) is 18.9 Å². The molecule has 17 heavy (non-hydrogen) atoms. The van der Waals surface area contributed by atoms with Crippen LogP contribution in [0.15, 0.2) is 23.1 Å². The molecular formula is C11H16ClNO3S. The number of hydrogen-bond donors (Lipinski definition) is 2. The first kappa shape index (κ1) is 14.4. The van der Waals surface area contributed by atoms with Crippen LogP contribution in [0.3, 0.4) is 0 Å². The van der Waals surface area contributed by atoms with Gasteiger partial charge in [0.15, 0.2) is 0 Å². The summed E-state index contributed by atoms with van der Waals surface area (Å²) in [5.74, 6) is 0. The first-order valence-electron chi connectivity index (χ1n) is 5.27. The molecule has 0 aromatic heterocycles. The molecule has 1 aromatic rings. The molecule has 0 heterocycles. The number of aliphatic hydroxyl groups excluding tert-OH is 1. The van der Waals surface area contributed by atoms with E-state index < -0.39 is 16.1 Å². The molecule has 0 aliphatic heterocycles. The van der Waals surface area contributed by atoms with Crippen LogP contribution in [0.5, 0.6) is 0 Å². The van der Waals surface area contributed by atoms with Crippen molar-refractivity contribution < 1.29 is 13.5 Å². The fourth-order valence-electron chi connectivity index (χ4n) is 1.39. The third-order valence-corrected chi connectivity index (χ3v) is 4.14. The summed E-state index contributed by atoms with van der Waals surface area (Å²) >= 11 is 5.76. The molecule has 1 atom stereocenters. The monoisotopic (exact) mass is 277 g/mol. The van der Waals surface area contributed by atoms with Gasteiger partial charge in [0.1, 0.15) is 0 Å². The topological polar surface area (TPSA) is 66.4 Å². The van der Waals surface area contributed by atoms with E-state index in [9.17, 15) is 8.42 Å². The van der Waals surface area contributed by atoms with Gasteiger partial charge < -0.3 is 5.11 Å². The summed E-state index contributed by atoms with van der Waals surface area (Å²) in [7, 11) is -3.52. The molecule has 0 fully saturated rings. The lowest BCUT2D eigenvalue weighted by Gasteiger charge is -2.10. The summed E-state index contributed by atoms with van der Waals surface area (Å²) in [5, 5.41) is 9.56. The van der Waals surface area contributed by atoms with Gasteiger partial charge in [0, 0.05) is 11.6 Å². The zero-order valence-electron chi connectivity index (χ0n) is 9.77. The molecule has 0 saturated heterocycles. The third kappa shape index (κ3) is 4.27. The zero-order valence-corrected chi connectivity index (χ0v) is 11.3. The quantitative estimate of drug-likeness (QED) is 0.861. The van der Waals surface area contributed by atoms with Gasteiger partial charge in [-0.05, 0) is 44.0 Å². The molecule has 96 valence electrons.